The van der Waals surface area contributed by atoms with Gasteiger partial charge in [0, 0.05) is 30.4 Å². The van der Waals surface area contributed by atoms with Gasteiger partial charge in [-0.05, 0) is 48.7 Å². The Morgan fingerprint density at radius 3 is 2.83 bits per heavy atom. The second kappa shape index (κ2) is 6.04. The molecule has 0 spiro atoms. The van der Waals surface area contributed by atoms with Gasteiger partial charge in [0.2, 0.25) is 0 Å². The van der Waals surface area contributed by atoms with E-state index in [4.69, 9.17) is 4.42 Å². The van der Waals surface area contributed by atoms with Gasteiger partial charge in [-0.1, -0.05) is 6.07 Å². The average Bonchev–Trinajstić information content (AvgIpc) is 2.52. The van der Waals surface area contributed by atoms with Crippen molar-refractivity contribution in [3.8, 4) is 0 Å². The average molecular weight is 308 g/mol. The largest absolute Gasteiger partial charge is 0.423 e. The Balaban J connectivity index is 1.94. The predicted octanol–water partition coefficient (Wildman–Crippen LogP) is 2.73. The molecule has 0 unspecified atom stereocenters. The van der Waals surface area contributed by atoms with Crippen LogP contribution in [0, 0.1) is 13.8 Å². The Labute approximate surface area is 133 Å². The van der Waals surface area contributed by atoms with Crippen LogP contribution in [-0.2, 0) is 6.54 Å². The maximum absolute atomic E-state index is 12.1. The second-order valence-electron chi connectivity index (χ2n) is 5.47. The summed E-state index contributed by atoms with van der Waals surface area (Å²) < 4.78 is 5.28. The minimum Gasteiger partial charge on any atom is -0.423 e. The fourth-order valence-corrected chi connectivity index (χ4v) is 2.69. The van der Waals surface area contributed by atoms with Crippen LogP contribution in [0.15, 0.2) is 51.9 Å². The topological polar surface area (TPSA) is 72.2 Å². The standard InChI is InChI=1S/C18H16N2O3/c1-11-6-12(2)17-14(8-16(21)23-15(17)7-11)10-20-18(22)13-4-3-5-19-9-13/h3-9H,10H2,1-2H3,(H,20,22). The molecular formula is C18H16N2O3. The quantitative estimate of drug-likeness (QED) is 0.755. The summed E-state index contributed by atoms with van der Waals surface area (Å²) >= 11 is 0. The molecule has 5 heteroatoms. The van der Waals surface area contributed by atoms with Crippen molar-refractivity contribution in [2.75, 3.05) is 0 Å². The van der Waals surface area contributed by atoms with Crippen LogP contribution in [0.3, 0.4) is 0 Å². The van der Waals surface area contributed by atoms with E-state index in [-0.39, 0.29) is 12.5 Å². The molecular weight excluding hydrogens is 292 g/mol. The summed E-state index contributed by atoms with van der Waals surface area (Å²) in [5.74, 6) is -0.232. The van der Waals surface area contributed by atoms with Crippen LogP contribution in [0.25, 0.3) is 11.0 Å². The first-order valence-electron chi connectivity index (χ1n) is 7.27. The van der Waals surface area contributed by atoms with Crippen LogP contribution in [0.1, 0.15) is 27.0 Å². The Bertz CT molecular complexity index is 930. The van der Waals surface area contributed by atoms with E-state index in [2.05, 4.69) is 10.3 Å². The van der Waals surface area contributed by atoms with Gasteiger partial charge in [-0.15, -0.1) is 0 Å². The first-order chi connectivity index (χ1) is 11.0. The Morgan fingerprint density at radius 2 is 2.09 bits per heavy atom. The fourth-order valence-electron chi connectivity index (χ4n) is 2.69. The SMILES string of the molecule is Cc1cc(C)c2c(CNC(=O)c3cccnc3)cc(=O)oc2c1. The molecule has 1 N–H and O–H groups in total. The zero-order valence-corrected chi connectivity index (χ0v) is 12.9. The number of aryl methyl sites for hydroxylation is 2. The van der Waals surface area contributed by atoms with E-state index in [1.54, 1.807) is 18.3 Å². The summed E-state index contributed by atoms with van der Waals surface area (Å²) in [7, 11) is 0. The van der Waals surface area contributed by atoms with Crippen LogP contribution in [0.5, 0.6) is 0 Å². The van der Waals surface area contributed by atoms with Crippen LogP contribution < -0.4 is 10.9 Å². The molecule has 0 atom stereocenters. The van der Waals surface area contributed by atoms with E-state index < -0.39 is 5.63 Å². The fraction of sp³-hybridized carbons (Fsp3) is 0.167. The van der Waals surface area contributed by atoms with Crippen LogP contribution in [-0.4, -0.2) is 10.9 Å². The number of nitrogens with one attached hydrogen (secondary N) is 1. The number of benzene rings is 1. The highest BCUT2D eigenvalue weighted by Gasteiger charge is 2.11. The molecule has 3 aromatic rings. The Hall–Kier alpha value is -2.95. The number of carbonyl (C=O) groups excluding carboxylic acids is 1. The normalized spacial score (nSPS) is 10.7. The lowest BCUT2D eigenvalue weighted by atomic mass is 10.0. The molecule has 0 bridgehead atoms. The summed E-state index contributed by atoms with van der Waals surface area (Å²) in [6, 6.07) is 8.67. The molecule has 3 rings (SSSR count). The van der Waals surface area contributed by atoms with E-state index in [1.165, 1.54) is 12.3 Å². The molecule has 0 saturated heterocycles. The molecule has 23 heavy (non-hydrogen) atoms. The number of aromatic nitrogens is 1. The lowest BCUT2D eigenvalue weighted by Crippen LogP contribution is -2.23. The Kier molecular flexibility index (Phi) is 3.93. The third-order valence-electron chi connectivity index (χ3n) is 3.63. The highest BCUT2D eigenvalue weighted by molar-refractivity contribution is 5.94. The minimum absolute atomic E-state index is 0.232. The van der Waals surface area contributed by atoms with Gasteiger partial charge in [-0.2, -0.15) is 0 Å². The van der Waals surface area contributed by atoms with Crippen molar-refractivity contribution < 1.29 is 9.21 Å². The van der Waals surface area contributed by atoms with Gasteiger partial charge >= 0.3 is 5.63 Å². The summed E-state index contributed by atoms with van der Waals surface area (Å²) in [5, 5.41) is 3.68. The van der Waals surface area contributed by atoms with E-state index >= 15 is 0 Å². The number of fused-ring (bicyclic) bond motifs is 1. The molecule has 116 valence electrons. The van der Waals surface area contributed by atoms with Crippen LogP contribution in [0.2, 0.25) is 0 Å². The van der Waals surface area contributed by atoms with Crippen LogP contribution >= 0.6 is 0 Å². The van der Waals surface area contributed by atoms with Crippen molar-refractivity contribution in [3.05, 3.63) is 75.4 Å². The van der Waals surface area contributed by atoms with Gasteiger partial charge in [0.15, 0.2) is 0 Å². The minimum atomic E-state index is -0.423. The summed E-state index contributed by atoms with van der Waals surface area (Å²) in [6.07, 6.45) is 3.11. The van der Waals surface area contributed by atoms with Gasteiger partial charge in [0.25, 0.3) is 5.91 Å². The van der Waals surface area contributed by atoms with Crippen molar-refractivity contribution in [1.29, 1.82) is 0 Å². The number of nitrogens with zero attached hydrogens (tertiary/aromatic N) is 1. The molecule has 5 nitrogen and oxygen atoms in total. The van der Waals surface area contributed by atoms with Crippen molar-refractivity contribution in [1.82, 2.24) is 10.3 Å². The molecule has 0 aliphatic carbocycles. The molecule has 0 radical (unpaired) electrons. The molecule has 0 aliphatic heterocycles. The lowest BCUT2D eigenvalue weighted by molar-refractivity contribution is 0.0950. The van der Waals surface area contributed by atoms with Crippen molar-refractivity contribution in [2.45, 2.75) is 20.4 Å². The molecule has 0 saturated carbocycles. The predicted molar refractivity (Wildman–Crippen MR) is 87.4 cm³/mol. The summed E-state index contributed by atoms with van der Waals surface area (Å²) in [6.45, 7) is 4.16. The smallest absolute Gasteiger partial charge is 0.336 e. The zero-order valence-electron chi connectivity index (χ0n) is 12.9. The molecule has 0 aliphatic rings. The maximum Gasteiger partial charge on any atom is 0.336 e. The number of hydrogen-bond acceptors (Lipinski definition) is 4. The third-order valence-corrected chi connectivity index (χ3v) is 3.63. The van der Waals surface area contributed by atoms with Crippen LogP contribution in [0.4, 0.5) is 0 Å². The third kappa shape index (κ3) is 3.13. The van der Waals surface area contributed by atoms with E-state index in [1.807, 2.05) is 26.0 Å². The number of carbonyl (C=O) groups is 1. The molecule has 1 amide bonds. The molecule has 2 heterocycles. The summed E-state index contributed by atoms with van der Waals surface area (Å²) in [4.78, 5) is 27.8. The highest BCUT2D eigenvalue weighted by atomic mass is 16.4. The van der Waals surface area contributed by atoms with Gasteiger partial charge in [0.1, 0.15) is 5.58 Å². The first kappa shape index (κ1) is 15.0. The Morgan fingerprint density at radius 1 is 1.26 bits per heavy atom. The van der Waals surface area contributed by atoms with Gasteiger partial charge < -0.3 is 9.73 Å². The maximum atomic E-state index is 12.1. The number of hydrogen-bond donors (Lipinski definition) is 1. The van der Waals surface area contributed by atoms with Gasteiger partial charge in [0.05, 0.1) is 5.56 Å². The summed E-state index contributed by atoms with van der Waals surface area (Å²) in [5.41, 5.74) is 3.37. The van der Waals surface area contributed by atoms with Gasteiger partial charge in [-0.25, -0.2) is 4.79 Å². The molecule has 0 fully saturated rings. The molecule has 1 aromatic carbocycles. The highest BCUT2D eigenvalue weighted by Crippen LogP contribution is 2.23. The first-order valence-corrected chi connectivity index (χ1v) is 7.27. The zero-order chi connectivity index (χ0) is 16.4. The number of rotatable bonds is 3. The number of pyridine rings is 1. The van der Waals surface area contributed by atoms with Crippen molar-refractivity contribution >= 4 is 16.9 Å². The van der Waals surface area contributed by atoms with E-state index in [0.29, 0.717) is 11.1 Å². The van der Waals surface area contributed by atoms with Crippen molar-refractivity contribution in [2.24, 2.45) is 0 Å². The number of amides is 1. The lowest BCUT2D eigenvalue weighted by Gasteiger charge is -2.10. The molecule has 2 aromatic heterocycles. The van der Waals surface area contributed by atoms with E-state index in [0.717, 1.165) is 22.1 Å². The van der Waals surface area contributed by atoms with Gasteiger partial charge in [-0.3, -0.25) is 9.78 Å². The van der Waals surface area contributed by atoms with E-state index in [9.17, 15) is 9.59 Å². The van der Waals surface area contributed by atoms with Crippen molar-refractivity contribution in [3.63, 3.8) is 0 Å². The monoisotopic (exact) mass is 308 g/mol. The second-order valence-corrected chi connectivity index (χ2v) is 5.47.